The van der Waals surface area contributed by atoms with E-state index in [0.717, 1.165) is 19.3 Å². The Morgan fingerprint density at radius 3 is 2.47 bits per heavy atom. The first-order valence-electron chi connectivity index (χ1n) is 5.67. The average molecular weight is 215 g/mol. The third-order valence-corrected chi connectivity index (χ3v) is 3.33. The Hall–Kier alpha value is -0.610. The lowest BCUT2D eigenvalue weighted by atomic mass is 9.70. The molecule has 1 fully saturated rings. The number of rotatable bonds is 5. The smallest absolute Gasteiger partial charge is 0.309 e. The van der Waals surface area contributed by atoms with Crippen LogP contribution in [-0.4, -0.2) is 35.9 Å². The Labute approximate surface area is 90.7 Å². The molecule has 0 aromatic rings. The maximum absolute atomic E-state index is 11.3. The number of aliphatic carboxylic acids is 1. The van der Waals surface area contributed by atoms with Crippen LogP contribution in [0.2, 0.25) is 0 Å². The van der Waals surface area contributed by atoms with Gasteiger partial charge in [-0.15, -0.1) is 0 Å². The summed E-state index contributed by atoms with van der Waals surface area (Å²) in [7, 11) is 1.76. The molecule has 0 bridgehead atoms. The lowest BCUT2D eigenvalue weighted by molar-refractivity contribution is -0.153. The van der Waals surface area contributed by atoms with E-state index in [9.17, 15) is 15.0 Å². The van der Waals surface area contributed by atoms with E-state index in [1.54, 1.807) is 7.05 Å². The molecule has 3 N–H and O–H groups in total. The zero-order chi connectivity index (χ0) is 11.3. The van der Waals surface area contributed by atoms with Gasteiger partial charge in [-0.05, 0) is 26.3 Å². The van der Waals surface area contributed by atoms with Gasteiger partial charge in [-0.3, -0.25) is 4.79 Å². The van der Waals surface area contributed by atoms with E-state index >= 15 is 0 Å². The van der Waals surface area contributed by atoms with Crippen molar-refractivity contribution in [3.05, 3.63) is 0 Å². The van der Waals surface area contributed by atoms with Gasteiger partial charge in [0.1, 0.15) is 0 Å². The predicted octanol–water partition coefficient (Wildman–Crippen LogP) is 0.992. The number of carboxylic acids is 1. The van der Waals surface area contributed by atoms with Crippen LogP contribution in [0.25, 0.3) is 0 Å². The van der Waals surface area contributed by atoms with E-state index in [1.807, 2.05) is 0 Å². The van der Waals surface area contributed by atoms with Gasteiger partial charge >= 0.3 is 5.97 Å². The summed E-state index contributed by atoms with van der Waals surface area (Å²) in [6.45, 7) is 0.467. The fourth-order valence-corrected chi connectivity index (χ4v) is 2.49. The minimum absolute atomic E-state index is 0.378. The SMILES string of the molecule is CNC[C@H](O)CC1(C(=O)O)CCCCC1. The first-order chi connectivity index (χ1) is 7.10. The molecule has 4 nitrogen and oxygen atoms in total. The van der Waals surface area contributed by atoms with Gasteiger partial charge in [0, 0.05) is 6.54 Å². The van der Waals surface area contributed by atoms with Gasteiger partial charge in [0.25, 0.3) is 0 Å². The topological polar surface area (TPSA) is 69.6 Å². The highest BCUT2D eigenvalue weighted by Gasteiger charge is 2.40. The van der Waals surface area contributed by atoms with Gasteiger partial charge < -0.3 is 15.5 Å². The van der Waals surface area contributed by atoms with Crippen molar-refractivity contribution in [3.8, 4) is 0 Å². The minimum atomic E-state index is -0.739. The molecule has 88 valence electrons. The van der Waals surface area contributed by atoms with Crippen LogP contribution in [0.4, 0.5) is 0 Å². The molecule has 1 aliphatic rings. The number of carbonyl (C=O) groups is 1. The molecule has 1 atom stereocenters. The van der Waals surface area contributed by atoms with Crippen LogP contribution >= 0.6 is 0 Å². The molecule has 0 saturated heterocycles. The highest BCUT2D eigenvalue weighted by Crippen LogP contribution is 2.40. The van der Waals surface area contributed by atoms with Gasteiger partial charge in [-0.1, -0.05) is 19.3 Å². The second-order valence-corrected chi connectivity index (χ2v) is 4.56. The summed E-state index contributed by atoms with van der Waals surface area (Å²) < 4.78 is 0. The van der Waals surface area contributed by atoms with Gasteiger partial charge in [0.2, 0.25) is 0 Å². The van der Waals surface area contributed by atoms with Crippen molar-refractivity contribution >= 4 is 5.97 Å². The lowest BCUT2D eigenvalue weighted by Crippen LogP contribution is -2.39. The van der Waals surface area contributed by atoms with Crippen LogP contribution in [0.5, 0.6) is 0 Å². The van der Waals surface area contributed by atoms with E-state index in [2.05, 4.69) is 5.32 Å². The van der Waals surface area contributed by atoms with Crippen molar-refractivity contribution < 1.29 is 15.0 Å². The van der Waals surface area contributed by atoms with E-state index in [4.69, 9.17) is 0 Å². The van der Waals surface area contributed by atoms with Crippen molar-refractivity contribution in [2.75, 3.05) is 13.6 Å². The molecule has 1 saturated carbocycles. The third kappa shape index (κ3) is 3.18. The number of aliphatic hydroxyl groups excluding tert-OH is 1. The highest BCUT2D eigenvalue weighted by molar-refractivity contribution is 5.74. The molecular weight excluding hydrogens is 194 g/mol. The quantitative estimate of drug-likeness (QED) is 0.639. The summed E-state index contributed by atoms with van der Waals surface area (Å²) in [5, 5.41) is 21.8. The molecule has 15 heavy (non-hydrogen) atoms. The first kappa shape index (κ1) is 12.5. The first-order valence-corrected chi connectivity index (χ1v) is 5.67. The molecule has 0 aromatic carbocycles. The number of carboxylic acid groups (broad SMARTS) is 1. The summed E-state index contributed by atoms with van der Waals surface area (Å²) >= 11 is 0. The van der Waals surface area contributed by atoms with Gasteiger partial charge in [-0.2, -0.15) is 0 Å². The second-order valence-electron chi connectivity index (χ2n) is 4.56. The van der Waals surface area contributed by atoms with Crippen LogP contribution in [0, 0.1) is 5.41 Å². The molecular formula is C11H21NO3. The molecule has 0 unspecified atom stereocenters. The van der Waals surface area contributed by atoms with Crippen molar-refractivity contribution in [1.82, 2.24) is 5.32 Å². The largest absolute Gasteiger partial charge is 0.481 e. The summed E-state index contributed by atoms with van der Waals surface area (Å²) in [4.78, 5) is 11.3. The number of likely N-dealkylation sites (N-methyl/N-ethyl adjacent to an activating group) is 1. The maximum atomic E-state index is 11.3. The summed E-state index contributed by atoms with van der Waals surface area (Å²) in [5.74, 6) is -0.739. The molecule has 4 heteroatoms. The number of hydrogen-bond donors (Lipinski definition) is 3. The average Bonchev–Trinajstić information content (AvgIpc) is 2.19. The zero-order valence-electron chi connectivity index (χ0n) is 9.33. The van der Waals surface area contributed by atoms with Gasteiger partial charge in [-0.25, -0.2) is 0 Å². The molecule has 0 radical (unpaired) electrons. The van der Waals surface area contributed by atoms with Crippen molar-refractivity contribution in [2.24, 2.45) is 5.41 Å². The Balaban J connectivity index is 2.60. The molecule has 0 amide bonds. The van der Waals surface area contributed by atoms with E-state index in [-0.39, 0.29) is 0 Å². The van der Waals surface area contributed by atoms with Gasteiger partial charge in [0.15, 0.2) is 0 Å². The summed E-state index contributed by atoms with van der Waals surface area (Å²) in [6, 6.07) is 0. The Morgan fingerprint density at radius 1 is 1.40 bits per heavy atom. The standard InChI is InChI=1S/C11H21NO3/c1-12-8-9(13)7-11(10(14)15)5-3-2-4-6-11/h9,12-13H,2-8H2,1H3,(H,14,15)/t9-/m1/s1. The Kier molecular flexibility index (Phi) is 4.54. The fraction of sp³-hybridized carbons (Fsp3) is 0.909. The van der Waals surface area contributed by atoms with Crippen LogP contribution in [0.3, 0.4) is 0 Å². The number of nitrogens with one attached hydrogen (secondary N) is 1. The van der Waals surface area contributed by atoms with Crippen LogP contribution < -0.4 is 5.32 Å². The van der Waals surface area contributed by atoms with Crippen molar-refractivity contribution in [1.29, 1.82) is 0 Å². The summed E-state index contributed by atoms with van der Waals surface area (Å²) in [5.41, 5.74) is -0.672. The van der Waals surface area contributed by atoms with Crippen LogP contribution in [0.1, 0.15) is 38.5 Å². The summed E-state index contributed by atoms with van der Waals surface area (Å²) in [6.07, 6.45) is 4.31. The molecule has 1 rings (SSSR count). The number of aliphatic hydroxyl groups is 1. The molecule has 1 aliphatic carbocycles. The lowest BCUT2D eigenvalue weighted by Gasteiger charge is -2.34. The maximum Gasteiger partial charge on any atom is 0.309 e. The molecule has 0 heterocycles. The van der Waals surface area contributed by atoms with E-state index < -0.39 is 17.5 Å². The Morgan fingerprint density at radius 2 is 2.00 bits per heavy atom. The van der Waals surface area contributed by atoms with Crippen LogP contribution in [0.15, 0.2) is 0 Å². The normalized spacial score (nSPS) is 22.3. The molecule has 0 aliphatic heterocycles. The Bertz CT molecular complexity index is 212. The van der Waals surface area contributed by atoms with Crippen LogP contribution in [-0.2, 0) is 4.79 Å². The van der Waals surface area contributed by atoms with E-state index in [1.165, 1.54) is 0 Å². The zero-order valence-corrected chi connectivity index (χ0v) is 9.33. The minimum Gasteiger partial charge on any atom is -0.481 e. The fourth-order valence-electron chi connectivity index (χ4n) is 2.49. The highest BCUT2D eigenvalue weighted by atomic mass is 16.4. The molecule has 0 spiro atoms. The van der Waals surface area contributed by atoms with Crippen molar-refractivity contribution in [2.45, 2.75) is 44.6 Å². The van der Waals surface area contributed by atoms with E-state index in [0.29, 0.717) is 25.8 Å². The second kappa shape index (κ2) is 5.47. The predicted molar refractivity (Wildman–Crippen MR) is 57.7 cm³/mol. The van der Waals surface area contributed by atoms with Gasteiger partial charge in [0.05, 0.1) is 11.5 Å². The van der Waals surface area contributed by atoms with Crippen molar-refractivity contribution in [3.63, 3.8) is 0 Å². The third-order valence-electron chi connectivity index (χ3n) is 3.33. The molecule has 0 aromatic heterocycles. The monoisotopic (exact) mass is 215 g/mol. The number of hydrogen-bond acceptors (Lipinski definition) is 3.